The first kappa shape index (κ1) is 36.6. The molecule has 3 saturated heterocycles. The quantitative estimate of drug-likeness (QED) is 0.262. The smallest absolute Gasteiger partial charge is 0.303 e. The van der Waals surface area contributed by atoms with Crippen LogP contribution in [0.2, 0.25) is 0 Å². The van der Waals surface area contributed by atoms with E-state index in [-0.39, 0.29) is 6.61 Å². The Bertz CT molecular complexity index is 1270. The third kappa shape index (κ3) is 9.64. The van der Waals surface area contributed by atoms with Gasteiger partial charge in [-0.05, 0) is 5.75 Å². The molecule has 1 aromatic carbocycles. The average molecular weight is 684 g/mol. The lowest BCUT2D eigenvalue weighted by Gasteiger charge is -2.51. The minimum Gasteiger partial charge on any atom is -0.463 e. The van der Waals surface area contributed by atoms with Gasteiger partial charge in [0.15, 0.2) is 30.9 Å². The van der Waals surface area contributed by atoms with E-state index in [0.717, 1.165) is 19.4 Å². The van der Waals surface area contributed by atoms with Crippen LogP contribution in [0.3, 0.4) is 0 Å². The summed E-state index contributed by atoms with van der Waals surface area (Å²) in [6.07, 6.45) is -9.83. The molecule has 1 unspecified atom stereocenters. The fourth-order valence-corrected chi connectivity index (χ4v) is 6.61. The first-order valence-electron chi connectivity index (χ1n) is 15.2. The van der Waals surface area contributed by atoms with Crippen molar-refractivity contribution in [1.29, 1.82) is 0 Å². The van der Waals surface area contributed by atoms with Crippen molar-refractivity contribution in [3.05, 3.63) is 35.9 Å². The third-order valence-corrected chi connectivity index (χ3v) is 8.39. The maximum atomic E-state index is 12.5. The SMILES string of the molecule is CCS[C@@H]1O[C@@H]2COC(c3ccccc3)O[C@@H]2[C@H](O[C@@H]2O[C@H](COC(C)=O)[C@@H](OC(C)=O)[C@H](OC(C)=O)[C@H]2NC(C)=O)[C@H]1OC(C)=O. The summed E-state index contributed by atoms with van der Waals surface area (Å²) in [6.45, 7) is 7.57. The van der Waals surface area contributed by atoms with Crippen molar-refractivity contribution in [2.24, 2.45) is 0 Å². The second kappa shape index (κ2) is 16.7. The highest BCUT2D eigenvalue weighted by atomic mass is 32.2. The van der Waals surface area contributed by atoms with Crippen molar-refractivity contribution in [3.63, 3.8) is 0 Å². The molecule has 0 radical (unpaired) electrons. The fraction of sp³-hybridized carbons (Fsp3) is 0.645. The van der Waals surface area contributed by atoms with Gasteiger partial charge in [0.2, 0.25) is 5.91 Å². The van der Waals surface area contributed by atoms with E-state index in [9.17, 15) is 24.0 Å². The van der Waals surface area contributed by atoms with Gasteiger partial charge < -0.3 is 47.9 Å². The van der Waals surface area contributed by atoms with Gasteiger partial charge in [0.1, 0.15) is 42.5 Å². The zero-order valence-electron chi connectivity index (χ0n) is 27.0. The number of hydrogen-bond donors (Lipinski definition) is 1. The summed E-state index contributed by atoms with van der Waals surface area (Å²) >= 11 is 1.38. The summed E-state index contributed by atoms with van der Waals surface area (Å²) in [4.78, 5) is 61.2. The molecule has 3 fully saturated rings. The maximum absolute atomic E-state index is 12.5. The van der Waals surface area contributed by atoms with E-state index in [0.29, 0.717) is 5.75 Å². The van der Waals surface area contributed by atoms with E-state index in [4.69, 9.17) is 42.6 Å². The van der Waals surface area contributed by atoms with Gasteiger partial charge in [-0.15, -0.1) is 11.8 Å². The lowest BCUT2D eigenvalue weighted by Crippen LogP contribution is -2.69. The van der Waals surface area contributed by atoms with E-state index >= 15 is 0 Å². The van der Waals surface area contributed by atoms with Crippen molar-refractivity contribution in [1.82, 2.24) is 5.32 Å². The van der Waals surface area contributed by atoms with Gasteiger partial charge in [-0.2, -0.15) is 0 Å². The molecular formula is C31H41NO14S. The second-order valence-electron chi connectivity index (χ2n) is 11.1. The van der Waals surface area contributed by atoms with Crippen LogP contribution in [0.5, 0.6) is 0 Å². The van der Waals surface area contributed by atoms with Crippen LogP contribution >= 0.6 is 11.8 Å². The molecule has 1 amide bonds. The second-order valence-corrected chi connectivity index (χ2v) is 12.4. The molecule has 260 valence electrons. The molecule has 0 aromatic heterocycles. The van der Waals surface area contributed by atoms with Crippen LogP contribution in [0.4, 0.5) is 0 Å². The molecule has 1 N–H and O–H groups in total. The Morgan fingerprint density at radius 3 is 2.04 bits per heavy atom. The Morgan fingerprint density at radius 2 is 1.45 bits per heavy atom. The van der Waals surface area contributed by atoms with Crippen LogP contribution in [0, 0.1) is 0 Å². The van der Waals surface area contributed by atoms with Crippen molar-refractivity contribution in [3.8, 4) is 0 Å². The van der Waals surface area contributed by atoms with Gasteiger partial charge in [0, 0.05) is 40.2 Å². The Morgan fingerprint density at radius 1 is 0.809 bits per heavy atom. The molecule has 3 aliphatic heterocycles. The molecule has 0 saturated carbocycles. The van der Waals surface area contributed by atoms with E-state index in [1.807, 2.05) is 37.3 Å². The highest BCUT2D eigenvalue weighted by molar-refractivity contribution is 7.99. The lowest BCUT2D eigenvalue weighted by atomic mass is 9.94. The molecule has 0 aliphatic carbocycles. The van der Waals surface area contributed by atoms with Crippen LogP contribution < -0.4 is 5.32 Å². The number of carbonyl (C=O) groups excluding carboxylic acids is 5. The summed E-state index contributed by atoms with van der Waals surface area (Å²) in [5.74, 6) is -2.70. The summed E-state index contributed by atoms with van der Waals surface area (Å²) in [7, 11) is 0. The van der Waals surface area contributed by atoms with Gasteiger partial charge in [-0.25, -0.2) is 0 Å². The molecular weight excluding hydrogens is 642 g/mol. The largest absolute Gasteiger partial charge is 0.463 e. The summed E-state index contributed by atoms with van der Waals surface area (Å²) in [5, 5.41) is 2.69. The van der Waals surface area contributed by atoms with E-state index < -0.39 is 103 Å². The number of thioether (sulfide) groups is 1. The fourth-order valence-electron chi connectivity index (χ4n) is 5.66. The Kier molecular flexibility index (Phi) is 13.0. The van der Waals surface area contributed by atoms with Gasteiger partial charge in [0.05, 0.1) is 6.61 Å². The Labute approximate surface area is 276 Å². The van der Waals surface area contributed by atoms with Gasteiger partial charge >= 0.3 is 23.9 Å². The molecule has 16 heteroatoms. The average Bonchev–Trinajstić information content (AvgIpc) is 3.00. The Hall–Kier alpha value is -3.28. The van der Waals surface area contributed by atoms with Crippen LogP contribution in [0.15, 0.2) is 30.3 Å². The van der Waals surface area contributed by atoms with Crippen molar-refractivity contribution in [2.45, 2.75) is 108 Å². The number of nitrogens with one attached hydrogen (secondary N) is 1. The molecule has 0 spiro atoms. The summed E-state index contributed by atoms with van der Waals surface area (Å²) < 4.78 is 53.7. The van der Waals surface area contributed by atoms with Gasteiger partial charge in [-0.3, -0.25) is 24.0 Å². The van der Waals surface area contributed by atoms with Crippen molar-refractivity contribution < 1.29 is 66.6 Å². The zero-order chi connectivity index (χ0) is 34.2. The summed E-state index contributed by atoms with van der Waals surface area (Å²) in [5.41, 5.74) is 0.0118. The van der Waals surface area contributed by atoms with Gasteiger partial charge in [0.25, 0.3) is 0 Å². The summed E-state index contributed by atoms with van der Waals surface area (Å²) in [6, 6.07) is 7.93. The minimum atomic E-state index is -1.44. The number of rotatable bonds is 11. The number of amides is 1. The first-order chi connectivity index (χ1) is 22.4. The molecule has 15 nitrogen and oxygen atoms in total. The van der Waals surface area contributed by atoms with Crippen LogP contribution in [0.25, 0.3) is 0 Å². The highest BCUT2D eigenvalue weighted by Gasteiger charge is 2.57. The minimum absolute atomic E-state index is 0.109. The molecule has 1 aromatic rings. The third-order valence-electron chi connectivity index (χ3n) is 7.35. The topological polar surface area (TPSA) is 180 Å². The standard InChI is InChI=1S/C31H41NO14S/c1-7-47-31-28(42-19(6)37)27(25-22(44-31)14-39-29(45-25)20-11-9-8-10-12-20)46-30-23(32-15(2)33)26(41-18(5)36)24(40-17(4)35)21(43-30)13-38-16(3)34/h8-12,21-31H,7,13-14H2,1-6H3,(H,32,33)/t21-,22-,23-,24-,25+,26-,27+,28-,29?,30+,31+/m1/s1. The molecule has 3 heterocycles. The number of carbonyl (C=O) groups is 5. The number of esters is 4. The van der Waals surface area contributed by atoms with Gasteiger partial charge in [-0.1, -0.05) is 37.3 Å². The predicted octanol–water partition coefficient (Wildman–Crippen LogP) is 1.55. The number of benzene rings is 1. The maximum Gasteiger partial charge on any atom is 0.303 e. The normalized spacial score (nSPS) is 33.4. The van der Waals surface area contributed by atoms with E-state index in [2.05, 4.69) is 5.32 Å². The lowest BCUT2D eigenvalue weighted by molar-refractivity contribution is -0.356. The van der Waals surface area contributed by atoms with E-state index in [1.165, 1.54) is 32.5 Å². The van der Waals surface area contributed by atoms with E-state index in [1.54, 1.807) is 0 Å². The Balaban J connectivity index is 1.77. The molecule has 3 aliphatic rings. The number of ether oxygens (including phenoxy) is 9. The van der Waals surface area contributed by atoms with Crippen LogP contribution in [0.1, 0.15) is 53.4 Å². The van der Waals surface area contributed by atoms with Crippen molar-refractivity contribution in [2.75, 3.05) is 19.0 Å². The van der Waals surface area contributed by atoms with Crippen molar-refractivity contribution >= 4 is 41.5 Å². The number of fused-ring (bicyclic) bond motifs is 1. The van der Waals surface area contributed by atoms with Crippen LogP contribution in [-0.4, -0.2) is 109 Å². The zero-order valence-corrected chi connectivity index (χ0v) is 27.8. The molecule has 4 rings (SSSR count). The predicted molar refractivity (Wildman–Crippen MR) is 161 cm³/mol. The highest BCUT2D eigenvalue weighted by Crippen LogP contribution is 2.41. The number of hydrogen-bond acceptors (Lipinski definition) is 15. The molecule has 0 bridgehead atoms. The first-order valence-corrected chi connectivity index (χ1v) is 16.2. The monoisotopic (exact) mass is 683 g/mol. The molecule has 47 heavy (non-hydrogen) atoms. The molecule has 11 atom stereocenters. The van der Waals surface area contributed by atoms with Crippen LogP contribution in [-0.2, 0) is 66.6 Å².